The molecule has 0 saturated carbocycles. The van der Waals surface area contributed by atoms with Gasteiger partial charge in [0, 0.05) is 12.6 Å². The van der Waals surface area contributed by atoms with E-state index in [1.165, 1.54) is 32.4 Å². The van der Waals surface area contributed by atoms with E-state index in [9.17, 15) is 18.0 Å². The second-order valence-electron chi connectivity index (χ2n) is 9.08. The summed E-state index contributed by atoms with van der Waals surface area (Å²) in [5, 5.41) is 5.56. The summed E-state index contributed by atoms with van der Waals surface area (Å²) in [6, 6.07) is 16.2. The summed E-state index contributed by atoms with van der Waals surface area (Å²) in [6.45, 7) is 5.72. The minimum atomic E-state index is -4.22. The molecular formula is C29H35N3O6S. The van der Waals surface area contributed by atoms with Crippen LogP contribution >= 0.6 is 0 Å². The Balaban J connectivity index is 1.97. The first-order chi connectivity index (χ1) is 18.6. The molecule has 0 aliphatic carbocycles. The number of nitrogens with zero attached hydrogens (tertiary/aromatic N) is 1. The van der Waals surface area contributed by atoms with Crippen molar-refractivity contribution in [2.75, 3.05) is 36.9 Å². The van der Waals surface area contributed by atoms with E-state index in [-0.39, 0.29) is 16.6 Å². The number of anilines is 2. The summed E-state index contributed by atoms with van der Waals surface area (Å²) in [5.41, 5.74) is 2.60. The molecule has 0 unspecified atom stereocenters. The minimum absolute atomic E-state index is 0.0668. The van der Waals surface area contributed by atoms with Crippen molar-refractivity contribution >= 4 is 33.2 Å². The van der Waals surface area contributed by atoms with Crippen LogP contribution in [0.2, 0.25) is 0 Å². The van der Waals surface area contributed by atoms with Crippen LogP contribution in [-0.4, -0.2) is 47.5 Å². The lowest BCUT2D eigenvalue weighted by molar-refractivity contribution is -0.114. The Kier molecular flexibility index (Phi) is 9.95. The number of aryl methyl sites for hydroxylation is 2. The van der Waals surface area contributed by atoms with Crippen molar-refractivity contribution in [1.82, 2.24) is 5.32 Å². The van der Waals surface area contributed by atoms with Gasteiger partial charge in [0.25, 0.3) is 15.9 Å². The van der Waals surface area contributed by atoms with Gasteiger partial charge < -0.3 is 20.1 Å². The molecule has 0 bridgehead atoms. The highest BCUT2D eigenvalue weighted by molar-refractivity contribution is 7.92. The van der Waals surface area contributed by atoms with Crippen LogP contribution in [0.15, 0.2) is 65.6 Å². The molecule has 0 aliphatic heterocycles. The van der Waals surface area contributed by atoms with Gasteiger partial charge >= 0.3 is 0 Å². The second kappa shape index (κ2) is 13.1. The summed E-state index contributed by atoms with van der Waals surface area (Å²) < 4.78 is 39.4. The summed E-state index contributed by atoms with van der Waals surface area (Å²) in [4.78, 5) is 25.9. The van der Waals surface area contributed by atoms with Gasteiger partial charge in [-0.3, -0.25) is 13.9 Å². The van der Waals surface area contributed by atoms with E-state index in [0.717, 1.165) is 28.3 Å². The van der Waals surface area contributed by atoms with Crippen molar-refractivity contribution in [2.24, 2.45) is 0 Å². The molecule has 0 radical (unpaired) electrons. The van der Waals surface area contributed by atoms with E-state index in [2.05, 4.69) is 10.6 Å². The topological polar surface area (TPSA) is 114 Å². The van der Waals surface area contributed by atoms with E-state index in [1.807, 2.05) is 26.8 Å². The van der Waals surface area contributed by atoms with Crippen LogP contribution < -0.4 is 24.4 Å². The van der Waals surface area contributed by atoms with E-state index in [4.69, 9.17) is 9.47 Å². The normalized spacial score (nSPS) is 11.0. The summed E-state index contributed by atoms with van der Waals surface area (Å²) >= 11 is 0. The van der Waals surface area contributed by atoms with Gasteiger partial charge in [0.05, 0.1) is 36.1 Å². The number of ether oxygens (including phenoxy) is 2. The number of hydrogen-bond donors (Lipinski definition) is 2. The van der Waals surface area contributed by atoms with Gasteiger partial charge in [0.2, 0.25) is 5.91 Å². The Labute approximate surface area is 230 Å². The number of nitrogens with one attached hydrogen (secondary N) is 2. The monoisotopic (exact) mass is 553 g/mol. The average Bonchev–Trinajstić information content (AvgIpc) is 2.91. The van der Waals surface area contributed by atoms with Gasteiger partial charge in [-0.15, -0.1) is 0 Å². The zero-order valence-electron chi connectivity index (χ0n) is 22.9. The predicted octanol–water partition coefficient (Wildman–Crippen LogP) is 4.68. The summed E-state index contributed by atoms with van der Waals surface area (Å²) in [6.07, 6.45) is 1.76. The lowest BCUT2D eigenvalue weighted by Crippen LogP contribution is -2.38. The van der Waals surface area contributed by atoms with Crippen molar-refractivity contribution in [3.63, 3.8) is 0 Å². The third-order valence-corrected chi connectivity index (χ3v) is 7.76. The van der Waals surface area contributed by atoms with E-state index in [1.54, 1.807) is 36.4 Å². The quantitative estimate of drug-likeness (QED) is 0.315. The van der Waals surface area contributed by atoms with Crippen LogP contribution in [0.25, 0.3) is 0 Å². The highest BCUT2D eigenvalue weighted by Gasteiger charge is 2.29. The van der Waals surface area contributed by atoms with Gasteiger partial charge in [0.1, 0.15) is 6.54 Å². The molecule has 0 fully saturated rings. The Morgan fingerprint density at radius 1 is 0.897 bits per heavy atom. The molecule has 9 nitrogen and oxygen atoms in total. The van der Waals surface area contributed by atoms with E-state index >= 15 is 0 Å². The number of unbranched alkanes of at least 4 members (excludes halogenated alkanes) is 1. The molecule has 2 amide bonds. The molecule has 3 aromatic carbocycles. The van der Waals surface area contributed by atoms with Gasteiger partial charge in [-0.2, -0.15) is 0 Å². The van der Waals surface area contributed by atoms with Crippen LogP contribution in [0.3, 0.4) is 0 Å². The fourth-order valence-corrected chi connectivity index (χ4v) is 5.52. The van der Waals surface area contributed by atoms with E-state index in [0.29, 0.717) is 29.2 Å². The van der Waals surface area contributed by atoms with Crippen molar-refractivity contribution < 1.29 is 27.5 Å². The van der Waals surface area contributed by atoms with Crippen LogP contribution in [0.5, 0.6) is 11.5 Å². The third kappa shape index (κ3) is 7.29. The van der Waals surface area contributed by atoms with Gasteiger partial charge in [-0.25, -0.2) is 8.42 Å². The zero-order valence-corrected chi connectivity index (χ0v) is 23.7. The highest BCUT2D eigenvalue weighted by atomic mass is 32.2. The van der Waals surface area contributed by atoms with Crippen LogP contribution in [0.1, 0.15) is 41.3 Å². The number of hydrogen-bond acceptors (Lipinski definition) is 6. The molecule has 0 spiro atoms. The smallest absolute Gasteiger partial charge is 0.264 e. The zero-order chi connectivity index (χ0) is 28.6. The fourth-order valence-electron chi connectivity index (χ4n) is 4.10. The highest BCUT2D eigenvalue weighted by Crippen LogP contribution is 2.33. The van der Waals surface area contributed by atoms with E-state index < -0.39 is 22.5 Å². The molecule has 0 atom stereocenters. The summed E-state index contributed by atoms with van der Waals surface area (Å²) in [5.74, 6) is -0.303. The van der Waals surface area contributed by atoms with Crippen molar-refractivity contribution in [3.8, 4) is 11.5 Å². The Bertz CT molecular complexity index is 1420. The molecule has 3 rings (SSSR count). The Morgan fingerprint density at radius 2 is 1.56 bits per heavy atom. The number of rotatable bonds is 12. The average molecular weight is 554 g/mol. The van der Waals surface area contributed by atoms with Crippen molar-refractivity contribution in [1.29, 1.82) is 0 Å². The first-order valence-electron chi connectivity index (χ1n) is 12.6. The lowest BCUT2D eigenvalue weighted by Gasteiger charge is -2.25. The number of carbonyl (C=O) groups excluding carboxylic acids is 2. The Morgan fingerprint density at radius 3 is 2.21 bits per heavy atom. The molecule has 10 heteroatoms. The van der Waals surface area contributed by atoms with Crippen molar-refractivity contribution in [2.45, 2.75) is 38.5 Å². The minimum Gasteiger partial charge on any atom is -0.493 e. The lowest BCUT2D eigenvalue weighted by atomic mass is 10.1. The number of carbonyl (C=O) groups is 2. The number of amides is 2. The molecule has 0 saturated heterocycles. The van der Waals surface area contributed by atoms with Crippen LogP contribution in [0, 0.1) is 13.8 Å². The van der Waals surface area contributed by atoms with Crippen molar-refractivity contribution in [3.05, 3.63) is 77.4 Å². The first-order valence-corrected chi connectivity index (χ1v) is 14.0. The molecule has 2 N–H and O–H groups in total. The second-order valence-corrected chi connectivity index (χ2v) is 10.9. The maximum Gasteiger partial charge on any atom is 0.264 e. The fraction of sp³-hybridized carbons (Fsp3) is 0.310. The maximum atomic E-state index is 13.9. The molecule has 3 aromatic rings. The predicted molar refractivity (Wildman–Crippen MR) is 152 cm³/mol. The molecule has 0 aromatic heterocycles. The number of sulfonamides is 1. The number of methoxy groups -OCH3 is 2. The van der Waals surface area contributed by atoms with Crippen LogP contribution in [0.4, 0.5) is 11.4 Å². The maximum absolute atomic E-state index is 13.9. The largest absolute Gasteiger partial charge is 0.493 e. The number of para-hydroxylation sites is 1. The third-order valence-electron chi connectivity index (χ3n) is 5.99. The Hall–Kier alpha value is -4.05. The summed E-state index contributed by atoms with van der Waals surface area (Å²) in [7, 11) is -1.34. The first kappa shape index (κ1) is 29.5. The molecule has 39 heavy (non-hydrogen) atoms. The SMILES string of the molecule is CCCCNC(=O)c1ccccc1NC(=O)CN(c1cc(C)cc(C)c1)S(=O)(=O)c1ccc(OC)c(OC)c1. The van der Waals surface area contributed by atoms with Crippen LogP contribution in [-0.2, 0) is 14.8 Å². The molecule has 0 heterocycles. The standard InChI is InChI=1S/C29H35N3O6S/c1-6-7-14-30-29(34)24-10-8-9-11-25(24)31-28(33)19-32(22-16-20(2)15-21(3)17-22)39(35,36)23-12-13-26(37-4)27(18-23)38-5/h8-13,15-18H,6-7,14,19H2,1-5H3,(H,30,34)(H,31,33). The molecular weight excluding hydrogens is 518 g/mol. The van der Waals surface area contributed by atoms with Gasteiger partial charge in [-0.1, -0.05) is 31.5 Å². The molecule has 208 valence electrons. The van der Waals surface area contributed by atoms with Gasteiger partial charge in [0.15, 0.2) is 11.5 Å². The molecule has 0 aliphatic rings. The number of benzene rings is 3. The van der Waals surface area contributed by atoms with Gasteiger partial charge in [-0.05, 0) is 67.8 Å².